The summed E-state index contributed by atoms with van der Waals surface area (Å²) in [6, 6.07) is 19.9. The molecule has 0 fully saturated rings. The lowest BCUT2D eigenvalue weighted by Crippen LogP contribution is -2.27. The molecular weight excluding hydrogens is 475 g/mol. The van der Waals surface area contributed by atoms with Gasteiger partial charge in [0.25, 0.3) is 15.9 Å². The van der Waals surface area contributed by atoms with E-state index in [2.05, 4.69) is 10.0 Å². The molecule has 3 rings (SSSR count). The van der Waals surface area contributed by atoms with E-state index < -0.39 is 10.0 Å². The van der Waals surface area contributed by atoms with Crippen molar-refractivity contribution in [3.63, 3.8) is 0 Å². The third-order valence-electron chi connectivity index (χ3n) is 4.27. The molecule has 0 aliphatic carbocycles. The van der Waals surface area contributed by atoms with Crippen LogP contribution in [0.25, 0.3) is 0 Å². The first-order valence-corrected chi connectivity index (χ1v) is 12.7. The van der Waals surface area contributed by atoms with Crippen LogP contribution in [0.15, 0.2) is 77.7 Å². The minimum atomic E-state index is -3.79. The van der Waals surface area contributed by atoms with Crippen LogP contribution in [0.3, 0.4) is 0 Å². The first-order valence-electron chi connectivity index (χ1n) is 9.33. The fraction of sp³-hybridized carbons (Fsp3) is 0.136. The first-order chi connectivity index (χ1) is 14.9. The molecule has 0 heterocycles. The second-order valence-electron chi connectivity index (χ2n) is 6.51. The van der Waals surface area contributed by atoms with Crippen molar-refractivity contribution in [3.8, 4) is 0 Å². The maximum atomic E-state index is 12.6. The van der Waals surface area contributed by atoms with Crippen LogP contribution in [0.2, 0.25) is 10.0 Å². The van der Waals surface area contributed by atoms with Crippen molar-refractivity contribution in [2.45, 2.75) is 10.6 Å². The summed E-state index contributed by atoms with van der Waals surface area (Å²) in [7, 11) is -3.79. The largest absolute Gasteiger partial charge is 0.351 e. The number of hydrogen-bond donors (Lipinski definition) is 2. The number of anilines is 1. The van der Waals surface area contributed by atoms with Crippen LogP contribution in [-0.2, 0) is 15.8 Å². The van der Waals surface area contributed by atoms with Crippen LogP contribution in [0.5, 0.6) is 0 Å². The highest BCUT2D eigenvalue weighted by molar-refractivity contribution is 7.98. The molecule has 0 bridgehead atoms. The predicted octanol–water partition coefficient (Wildman–Crippen LogP) is 5.46. The zero-order valence-corrected chi connectivity index (χ0v) is 19.5. The number of rotatable bonds is 9. The third kappa shape index (κ3) is 6.64. The molecule has 0 atom stereocenters. The molecule has 3 aromatic carbocycles. The van der Waals surface area contributed by atoms with E-state index in [1.54, 1.807) is 66.4 Å². The molecule has 0 unspecified atom stereocenters. The number of carbonyl (C=O) groups excluding carboxylic acids is 1. The molecule has 3 aromatic rings. The second-order valence-corrected chi connectivity index (χ2v) is 10.1. The highest BCUT2D eigenvalue weighted by Crippen LogP contribution is 2.24. The average molecular weight is 495 g/mol. The van der Waals surface area contributed by atoms with Gasteiger partial charge in [0.2, 0.25) is 0 Å². The molecule has 5 nitrogen and oxygen atoms in total. The summed E-state index contributed by atoms with van der Waals surface area (Å²) in [6.45, 7) is 0.425. The van der Waals surface area contributed by atoms with Crippen molar-refractivity contribution in [2.24, 2.45) is 0 Å². The number of sulfonamides is 1. The van der Waals surface area contributed by atoms with Crippen molar-refractivity contribution >= 4 is 56.6 Å². The van der Waals surface area contributed by atoms with Gasteiger partial charge in [-0.2, -0.15) is 11.8 Å². The monoisotopic (exact) mass is 494 g/mol. The van der Waals surface area contributed by atoms with Crippen LogP contribution >= 0.6 is 35.0 Å². The van der Waals surface area contributed by atoms with Gasteiger partial charge in [-0.3, -0.25) is 9.52 Å². The van der Waals surface area contributed by atoms with Crippen LogP contribution in [0, 0.1) is 0 Å². The fourth-order valence-electron chi connectivity index (χ4n) is 2.73. The van der Waals surface area contributed by atoms with Crippen molar-refractivity contribution < 1.29 is 13.2 Å². The van der Waals surface area contributed by atoms with E-state index in [0.29, 0.717) is 28.1 Å². The van der Waals surface area contributed by atoms with E-state index in [4.69, 9.17) is 23.2 Å². The molecule has 9 heteroatoms. The van der Waals surface area contributed by atoms with Gasteiger partial charge in [-0.25, -0.2) is 8.42 Å². The van der Waals surface area contributed by atoms with E-state index in [-0.39, 0.29) is 22.1 Å². The maximum absolute atomic E-state index is 12.6. The summed E-state index contributed by atoms with van der Waals surface area (Å²) in [4.78, 5) is 12.7. The summed E-state index contributed by atoms with van der Waals surface area (Å²) in [5.41, 5.74) is 1.46. The van der Waals surface area contributed by atoms with E-state index in [1.807, 2.05) is 6.07 Å². The number of halogens is 2. The van der Waals surface area contributed by atoms with Crippen molar-refractivity contribution in [1.82, 2.24) is 5.32 Å². The fourth-order valence-corrected chi connectivity index (χ4v) is 5.24. The molecule has 1 amide bonds. The summed E-state index contributed by atoms with van der Waals surface area (Å²) in [6.07, 6.45) is 0. The number of nitrogens with one attached hydrogen (secondary N) is 2. The van der Waals surface area contributed by atoms with Gasteiger partial charge >= 0.3 is 0 Å². The maximum Gasteiger partial charge on any atom is 0.261 e. The van der Waals surface area contributed by atoms with Crippen LogP contribution < -0.4 is 10.0 Å². The number of para-hydroxylation sites is 1. The number of carbonyl (C=O) groups is 1. The minimum absolute atomic E-state index is 0.127. The minimum Gasteiger partial charge on any atom is -0.351 e. The lowest BCUT2D eigenvalue weighted by Gasteiger charge is -2.13. The summed E-state index contributed by atoms with van der Waals surface area (Å²) >= 11 is 13.7. The van der Waals surface area contributed by atoms with Crippen molar-refractivity contribution in [1.29, 1.82) is 0 Å². The van der Waals surface area contributed by atoms with Gasteiger partial charge in [-0.1, -0.05) is 59.6 Å². The summed E-state index contributed by atoms with van der Waals surface area (Å²) in [5.74, 6) is 1.01. The molecule has 0 aliphatic rings. The predicted molar refractivity (Wildman–Crippen MR) is 129 cm³/mol. The topological polar surface area (TPSA) is 75.3 Å². The van der Waals surface area contributed by atoms with Crippen LogP contribution in [0.1, 0.15) is 15.9 Å². The standard InChI is InChI=1S/C22H20Cl2N2O3S2/c23-17-11-10-16(20(24)14-17)15-30-13-12-25-22(27)19-8-4-5-9-21(19)26-31(28,29)18-6-2-1-3-7-18/h1-11,14,26H,12-13,15H2,(H,25,27). The lowest BCUT2D eigenvalue weighted by atomic mass is 10.2. The average Bonchev–Trinajstić information content (AvgIpc) is 2.75. The highest BCUT2D eigenvalue weighted by atomic mass is 35.5. The Bertz CT molecular complexity index is 1160. The molecule has 162 valence electrons. The Kier molecular flexibility index (Phi) is 8.26. The molecule has 0 spiro atoms. The van der Waals surface area contributed by atoms with E-state index >= 15 is 0 Å². The molecule has 0 saturated carbocycles. The van der Waals surface area contributed by atoms with Crippen LogP contribution in [-0.4, -0.2) is 26.6 Å². The van der Waals surface area contributed by atoms with Crippen molar-refractivity contribution in [2.75, 3.05) is 17.0 Å². The summed E-state index contributed by atoms with van der Waals surface area (Å²) in [5, 5.41) is 4.03. The quantitative estimate of drug-likeness (QED) is 0.387. The number of benzene rings is 3. The van der Waals surface area contributed by atoms with Gasteiger partial charge in [0, 0.05) is 28.1 Å². The first kappa shape index (κ1) is 23.5. The zero-order valence-electron chi connectivity index (χ0n) is 16.3. The molecule has 0 saturated heterocycles. The van der Waals surface area contributed by atoms with Gasteiger partial charge in [0.15, 0.2) is 0 Å². The third-order valence-corrected chi connectivity index (χ3v) is 7.25. The van der Waals surface area contributed by atoms with E-state index in [1.165, 1.54) is 12.1 Å². The zero-order chi connectivity index (χ0) is 22.3. The molecule has 0 radical (unpaired) electrons. The van der Waals surface area contributed by atoms with Gasteiger partial charge in [-0.05, 0) is 42.0 Å². The molecule has 2 N–H and O–H groups in total. The summed E-state index contributed by atoms with van der Waals surface area (Å²) < 4.78 is 27.7. The normalized spacial score (nSPS) is 11.2. The van der Waals surface area contributed by atoms with E-state index in [9.17, 15) is 13.2 Å². The van der Waals surface area contributed by atoms with Gasteiger partial charge in [0.1, 0.15) is 0 Å². The molecular formula is C22H20Cl2N2O3S2. The smallest absolute Gasteiger partial charge is 0.261 e. The Hall–Kier alpha value is -2.19. The second kappa shape index (κ2) is 10.9. The van der Waals surface area contributed by atoms with Gasteiger partial charge in [-0.15, -0.1) is 0 Å². The Labute approximate surface area is 196 Å². The molecule has 31 heavy (non-hydrogen) atoms. The van der Waals surface area contributed by atoms with Gasteiger partial charge < -0.3 is 5.32 Å². The lowest BCUT2D eigenvalue weighted by molar-refractivity contribution is 0.0957. The van der Waals surface area contributed by atoms with Crippen LogP contribution in [0.4, 0.5) is 5.69 Å². The Morgan fingerprint density at radius 3 is 2.39 bits per heavy atom. The Morgan fingerprint density at radius 1 is 0.935 bits per heavy atom. The number of amides is 1. The van der Waals surface area contributed by atoms with Gasteiger partial charge in [0.05, 0.1) is 16.1 Å². The number of hydrogen-bond acceptors (Lipinski definition) is 4. The number of thioether (sulfide) groups is 1. The SMILES string of the molecule is O=C(NCCSCc1ccc(Cl)cc1Cl)c1ccccc1NS(=O)(=O)c1ccccc1. The van der Waals surface area contributed by atoms with Crippen molar-refractivity contribution in [3.05, 3.63) is 94.0 Å². The molecule has 0 aliphatic heterocycles. The van der Waals surface area contributed by atoms with E-state index in [0.717, 1.165) is 5.56 Å². The Morgan fingerprint density at radius 2 is 1.65 bits per heavy atom. The molecule has 0 aromatic heterocycles. The highest BCUT2D eigenvalue weighted by Gasteiger charge is 2.18. The Balaban J connectivity index is 1.56.